The fourth-order valence-corrected chi connectivity index (χ4v) is 5.06. The highest BCUT2D eigenvalue weighted by Crippen LogP contribution is 2.31. The standard InChI is InChI=1S/C25H31N3O2S/c1-18-8-9-21(16-20(18)3)17-23(29)28(11-5-10-27-12-14-30-15-13-27)25-26-24-19(2)6-4-7-22(24)31-25/h4,6-9,16H,5,10-15,17H2,1-3H3. The first-order valence-electron chi connectivity index (χ1n) is 11.0. The smallest absolute Gasteiger partial charge is 0.233 e. The molecule has 0 N–H and O–H groups in total. The molecule has 31 heavy (non-hydrogen) atoms. The quantitative estimate of drug-likeness (QED) is 0.545. The van der Waals surface area contributed by atoms with Crippen LogP contribution in [0.3, 0.4) is 0 Å². The van der Waals surface area contributed by atoms with Crippen LogP contribution in [0.25, 0.3) is 10.2 Å². The van der Waals surface area contributed by atoms with E-state index in [9.17, 15) is 4.79 Å². The largest absolute Gasteiger partial charge is 0.379 e. The second-order valence-corrected chi connectivity index (χ2v) is 9.38. The first-order valence-corrected chi connectivity index (χ1v) is 11.9. The van der Waals surface area contributed by atoms with Crippen LogP contribution in [0.15, 0.2) is 36.4 Å². The fraction of sp³-hybridized carbons (Fsp3) is 0.440. The van der Waals surface area contributed by atoms with Crippen molar-refractivity contribution in [2.75, 3.05) is 44.3 Å². The number of aryl methyl sites for hydroxylation is 3. The SMILES string of the molecule is Cc1ccc(CC(=O)N(CCCN2CCOCC2)c2nc3c(C)cccc3s2)cc1C. The molecular weight excluding hydrogens is 406 g/mol. The molecule has 0 spiro atoms. The van der Waals surface area contributed by atoms with Gasteiger partial charge in [-0.05, 0) is 55.5 Å². The molecule has 3 aromatic rings. The van der Waals surface area contributed by atoms with E-state index < -0.39 is 0 Å². The molecule has 5 nitrogen and oxygen atoms in total. The molecule has 164 valence electrons. The number of rotatable bonds is 7. The van der Waals surface area contributed by atoms with Gasteiger partial charge in [0.1, 0.15) is 0 Å². The number of hydrogen-bond acceptors (Lipinski definition) is 5. The molecule has 0 bridgehead atoms. The molecule has 0 unspecified atom stereocenters. The van der Waals surface area contributed by atoms with E-state index in [4.69, 9.17) is 9.72 Å². The molecule has 1 aromatic heterocycles. The van der Waals surface area contributed by atoms with Gasteiger partial charge in [0.2, 0.25) is 5.91 Å². The number of hydrogen-bond donors (Lipinski definition) is 0. The molecule has 1 amide bonds. The number of fused-ring (bicyclic) bond motifs is 1. The van der Waals surface area contributed by atoms with E-state index in [0.29, 0.717) is 13.0 Å². The van der Waals surface area contributed by atoms with Gasteiger partial charge in [-0.25, -0.2) is 4.98 Å². The molecule has 4 rings (SSSR count). The molecule has 0 aliphatic carbocycles. The summed E-state index contributed by atoms with van der Waals surface area (Å²) in [4.78, 5) is 22.6. The highest BCUT2D eigenvalue weighted by molar-refractivity contribution is 7.22. The van der Waals surface area contributed by atoms with Crippen LogP contribution >= 0.6 is 11.3 Å². The van der Waals surface area contributed by atoms with Crippen molar-refractivity contribution in [3.63, 3.8) is 0 Å². The number of benzene rings is 2. The van der Waals surface area contributed by atoms with E-state index in [1.54, 1.807) is 11.3 Å². The van der Waals surface area contributed by atoms with Crippen LogP contribution in [0.5, 0.6) is 0 Å². The number of anilines is 1. The Balaban J connectivity index is 1.53. The maximum absolute atomic E-state index is 13.4. The van der Waals surface area contributed by atoms with Crippen LogP contribution in [0.2, 0.25) is 0 Å². The summed E-state index contributed by atoms with van der Waals surface area (Å²) in [5, 5.41) is 0.806. The summed E-state index contributed by atoms with van der Waals surface area (Å²) >= 11 is 1.61. The van der Waals surface area contributed by atoms with Crippen molar-refractivity contribution in [3.8, 4) is 0 Å². The third kappa shape index (κ3) is 5.32. The number of aromatic nitrogens is 1. The summed E-state index contributed by atoms with van der Waals surface area (Å²) in [7, 11) is 0. The topological polar surface area (TPSA) is 45.7 Å². The average molecular weight is 438 g/mol. The monoisotopic (exact) mass is 437 g/mol. The molecular formula is C25H31N3O2S. The Morgan fingerprint density at radius 3 is 2.65 bits per heavy atom. The number of para-hydroxylation sites is 1. The molecule has 1 fully saturated rings. The Morgan fingerprint density at radius 1 is 1.10 bits per heavy atom. The van der Waals surface area contributed by atoms with Gasteiger partial charge < -0.3 is 4.74 Å². The molecule has 1 aliphatic rings. The third-order valence-corrected chi connectivity index (χ3v) is 7.07. The zero-order chi connectivity index (χ0) is 21.8. The number of carbonyl (C=O) groups is 1. The molecule has 0 atom stereocenters. The molecule has 0 saturated carbocycles. The van der Waals surface area contributed by atoms with Crippen LogP contribution in [0.1, 0.15) is 28.7 Å². The maximum atomic E-state index is 13.4. The lowest BCUT2D eigenvalue weighted by molar-refractivity contribution is -0.118. The Bertz CT molecular complexity index is 1060. The third-order valence-electron chi connectivity index (χ3n) is 6.03. The van der Waals surface area contributed by atoms with Crippen LogP contribution in [0, 0.1) is 20.8 Å². The summed E-state index contributed by atoms with van der Waals surface area (Å²) in [5.74, 6) is 0.113. The van der Waals surface area contributed by atoms with Gasteiger partial charge in [-0.3, -0.25) is 14.6 Å². The minimum atomic E-state index is 0.113. The molecule has 6 heteroatoms. The molecule has 1 aliphatic heterocycles. The lowest BCUT2D eigenvalue weighted by Crippen LogP contribution is -2.39. The number of thiazole rings is 1. The van der Waals surface area contributed by atoms with Gasteiger partial charge in [0.05, 0.1) is 29.9 Å². The van der Waals surface area contributed by atoms with Crippen molar-refractivity contribution < 1.29 is 9.53 Å². The summed E-state index contributed by atoms with van der Waals surface area (Å²) in [6.07, 6.45) is 1.32. The highest BCUT2D eigenvalue weighted by Gasteiger charge is 2.21. The molecule has 2 heterocycles. The van der Waals surface area contributed by atoms with E-state index in [1.165, 1.54) is 11.1 Å². The summed E-state index contributed by atoms with van der Waals surface area (Å²) < 4.78 is 6.58. The Kier molecular flexibility index (Phi) is 7.00. The molecule has 0 radical (unpaired) electrons. The van der Waals surface area contributed by atoms with Gasteiger partial charge in [0.15, 0.2) is 5.13 Å². The number of ether oxygens (including phenoxy) is 1. The lowest BCUT2D eigenvalue weighted by Gasteiger charge is -2.27. The van der Waals surface area contributed by atoms with Gasteiger partial charge in [-0.1, -0.05) is 41.7 Å². The summed E-state index contributed by atoms with van der Waals surface area (Å²) in [6.45, 7) is 11.5. The zero-order valence-electron chi connectivity index (χ0n) is 18.7. The fourth-order valence-electron chi connectivity index (χ4n) is 3.98. The number of amides is 1. The number of carbonyl (C=O) groups excluding carboxylic acids is 1. The predicted molar refractivity (Wildman–Crippen MR) is 128 cm³/mol. The van der Waals surface area contributed by atoms with E-state index in [2.05, 4.69) is 62.1 Å². The second-order valence-electron chi connectivity index (χ2n) is 8.37. The van der Waals surface area contributed by atoms with Crippen molar-refractivity contribution in [1.29, 1.82) is 0 Å². The minimum absolute atomic E-state index is 0.113. The van der Waals surface area contributed by atoms with Crippen molar-refractivity contribution >= 4 is 32.6 Å². The van der Waals surface area contributed by atoms with Gasteiger partial charge in [-0.2, -0.15) is 0 Å². The minimum Gasteiger partial charge on any atom is -0.379 e. The van der Waals surface area contributed by atoms with Gasteiger partial charge in [-0.15, -0.1) is 0 Å². The first kappa shape index (κ1) is 21.9. The number of morpholine rings is 1. The predicted octanol–water partition coefficient (Wildman–Crippen LogP) is 4.52. The van der Waals surface area contributed by atoms with E-state index in [1.807, 2.05) is 4.90 Å². The van der Waals surface area contributed by atoms with Gasteiger partial charge in [0, 0.05) is 26.2 Å². The van der Waals surface area contributed by atoms with Crippen molar-refractivity contribution in [1.82, 2.24) is 9.88 Å². The summed E-state index contributed by atoms with van der Waals surface area (Å²) in [5.41, 5.74) is 5.68. The lowest BCUT2D eigenvalue weighted by atomic mass is 10.0. The van der Waals surface area contributed by atoms with E-state index in [0.717, 1.165) is 65.7 Å². The second kappa shape index (κ2) is 9.90. The van der Waals surface area contributed by atoms with Crippen molar-refractivity contribution in [2.24, 2.45) is 0 Å². The van der Waals surface area contributed by atoms with Crippen molar-refractivity contribution in [2.45, 2.75) is 33.6 Å². The molecule has 1 saturated heterocycles. The first-order chi connectivity index (χ1) is 15.0. The number of nitrogens with zero attached hydrogens (tertiary/aromatic N) is 3. The highest BCUT2D eigenvalue weighted by atomic mass is 32.1. The van der Waals surface area contributed by atoms with Gasteiger partial charge >= 0.3 is 0 Å². The van der Waals surface area contributed by atoms with Crippen LogP contribution in [-0.4, -0.2) is 55.2 Å². The Morgan fingerprint density at radius 2 is 1.90 bits per heavy atom. The molecule has 2 aromatic carbocycles. The van der Waals surface area contributed by atoms with E-state index in [-0.39, 0.29) is 5.91 Å². The summed E-state index contributed by atoms with van der Waals surface area (Å²) in [6, 6.07) is 12.5. The van der Waals surface area contributed by atoms with Crippen molar-refractivity contribution in [3.05, 3.63) is 58.7 Å². The van der Waals surface area contributed by atoms with Crippen LogP contribution in [-0.2, 0) is 16.0 Å². The van der Waals surface area contributed by atoms with Crippen LogP contribution in [0.4, 0.5) is 5.13 Å². The zero-order valence-corrected chi connectivity index (χ0v) is 19.5. The Labute approximate surface area is 188 Å². The maximum Gasteiger partial charge on any atom is 0.233 e. The van der Waals surface area contributed by atoms with Gasteiger partial charge in [0.25, 0.3) is 0 Å². The normalized spacial score (nSPS) is 14.8. The Hall–Kier alpha value is -2.28. The van der Waals surface area contributed by atoms with E-state index >= 15 is 0 Å². The average Bonchev–Trinajstić information content (AvgIpc) is 3.20. The van der Waals surface area contributed by atoms with Crippen LogP contribution < -0.4 is 4.90 Å².